The molecule has 5 heteroatoms. The van der Waals surface area contributed by atoms with E-state index in [1.807, 2.05) is 5.38 Å². The van der Waals surface area contributed by atoms with Gasteiger partial charge in [0, 0.05) is 11.6 Å². The van der Waals surface area contributed by atoms with E-state index in [1.54, 1.807) is 17.6 Å². The van der Waals surface area contributed by atoms with Gasteiger partial charge in [-0.15, -0.1) is 0 Å². The van der Waals surface area contributed by atoms with Crippen molar-refractivity contribution in [3.8, 4) is 0 Å². The summed E-state index contributed by atoms with van der Waals surface area (Å²) in [6, 6.07) is 1.80. The number of nitrogens with two attached hydrogens (primary N) is 1. The molecule has 1 heterocycles. The molecule has 3 nitrogen and oxygen atoms in total. The van der Waals surface area contributed by atoms with E-state index in [0.29, 0.717) is 4.88 Å². The molecule has 0 atom stereocenters. The summed E-state index contributed by atoms with van der Waals surface area (Å²) in [5, 5.41) is 3.51. The molecule has 1 aromatic heterocycles. The Bertz CT molecular complexity index is 271. The van der Waals surface area contributed by atoms with Gasteiger partial charge in [-0.05, 0) is 23.0 Å². The Morgan fingerprint density at radius 2 is 2.45 bits per heavy atom. The molecule has 2 N–H and O–H groups in total. The Labute approximate surface area is 72.0 Å². The van der Waals surface area contributed by atoms with E-state index in [-0.39, 0.29) is 0 Å². The largest absolute Gasteiger partial charge is 0.365 e. The van der Waals surface area contributed by atoms with Crippen LogP contribution in [-0.4, -0.2) is 10.3 Å². The van der Waals surface area contributed by atoms with Crippen molar-refractivity contribution in [2.45, 2.75) is 0 Å². The standard InChI is InChI=1S/C6H6N2OS2/c7-6(9)5-4-10-3-1-2-8-11-5/h1-4H,(H2,7,9). The van der Waals surface area contributed by atoms with Crippen LogP contribution in [0.4, 0.5) is 0 Å². The number of rotatable bonds is 1. The second-order valence-corrected chi connectivity index (χ2v) is 3.27. The average molecular weight is 186 g/mol. The Kier molecular flexibility index (Phi) is 3.00. The Morgan fingerprint density at radius 3 is 3.18 bits per heavy atom. The van der Waals surface area contributed by atoms with E-state index < -0.39 is 5.91 Å². The zero-order chi connectivity index (χ0) is 8.10. The number of amides is 1. The normalized spacial score (nSPS) is 8.73. The second kappa shape index (κ2) is 4.05. The van der Waals surface area contributed by atoms with Gasteiger partial charge < -0.3 is 5.73 Å². The maximum absolute atomic E-state index is 10.6. The summed E-state index contributed by atoms with van der Waals surface area (Å²) in [7, 11) is 0. The van der Waals surface area contributed by atoms with Crippen molar-refractivity contribution in [3.63, 3.8) is 0 Å². The Morgan fingerprint density at radius 1 is 1.64 bits per heavy atom. The molecule has 0 aliphatic carbocycles. The van der Waals surface area contributed by atoms with Gasteiger partial charge in [0.2, 0.25) is 0 Å². The van der Waals surface area contributed by atoms with Crippen molar-refractivity contribution >= 4 is 28.8 Å². The van der Waals surface area contributed by atoms with Crippen LogP contribution in [0, 0.1) is 0 Å². The molecule has 0 radical (unpaired) electrons. The first-order valence-corrected chi connectivity index (χ1v) is 4.53. The number of hydrogen-bond donors (Lipinski definition) is 1. The Balaban J connectivity index is 3.12. The van der Waals surface area contributed by atoms with Crippen molar-refractivity contribution in [3.05, 3.63) is 27.9 Å². The predicted octanol–water partition coefficient (Wildman–Crippen LogP) is 1.43. The van der Waals surface area contributed by atoms with Crippen molar-refractivity contribution in [1.29, 1.82) is 0 Å². The molecule has 58 valence electrons. The van der Waals surface area contributed by atoms with Crippen molar-refractivity contribution in [1.82, 2.24) is 4.37 Å². The SMILES string of the molecule is NC(=O)c1cscccns1. The van der Waals surface area contributed by atoms with Gasteiger partial charge in [-0.25, -0.2) is 4.37 Å². The quantitative estimate of drug-likeness (QED) is 0.721. The minimum Gasteiger partial charge on any atom is -0.365 e. The molecule has 0 saturated heterocycles. The Hall–Kier alpha value is -0.940. The summed E-state index contributed by atoms with van der Waals surface area (Å²) in [5.74, 6) is -0.435. The number of primary amides is 1. The molecule has 0 bridgehead atoms. The highest BCUT2D eigenvalue weighted by molar-refractivity contribution is 7.12. The van der Waals surface area contributed by atoms with Crippen LogP contribution < -0.4 is 5.73 Å². The lowest BCUT2D eigenvalue weighted by Gasteiger charge is -1.85. The lowest BCUT2D eigenvalue weighted by molar-refractivity contribution is 0.100. The second-order valence-electron chi connectivity index (χ2n) is 1.66. The molecular formula is C6H6N2OS2. The molecule has 0 unspecified atom stereocenters. The minimum atomic E-state index is -0.435. The van der Waals surface area contributed by atoms with Gasteiger partial charge in [0.15, 0.2) is 0 Å². The van der Waals surface area contributed by atoms with Crippen LogP contribution in [0.5, 0.6) is 0 Å². The molecule has 0 aromatic carbocycles. The molecule has 1 rings (SSSR count). The monoisotopic (exact) mass is 186 g/mol. The highest BCUT2D eigenvalue weighted by atomic mass is 32.1. The van der Waals surface area contributed by atoms with E-state index in [0.717, 1.165) is 11.5 Å². The van der Waals surface area contributed by atoms with Gasteiger partial charge in [-0.1, -0.05) is 0 Å². The van der Waals surface area contributed by atoms with Gasteiger partial charge in [0.25, 0.3) is 5.91 Å². The number of hydrogen-bond acceptors (Lipinski definition) is 4. The zero-order valence-corrected chi connectivity index (χ0v) is 7.19. The van der Waals surface area contributed by atoms with Crippen LogP contribution in [0.3, 0.4) is 0 Å². The highest BCUT2D eigenvalue weighted by Crippen LogP contribution is 2.02. The first kappa shape index (κ1) is 8.16. The molecule has 0 fully saturated rings. The smallest absolute Gasteiger partial charge is 0.261 e. The van der Waals surface area contributed by atoms with E-state index in [9.17, 15) is 4.79 Å². The molecule has 0 spiro atoms. The summed E-state index contributed by atoms with van der Waals surface area (Å²) in [6.07, 6.45) is 1.62. The topological polar surface area (TPSA) is 56.0 Å². The van der Waals surface area contributed by atoms with Gasteiger partial charge in [0.1, 0.15) is 4.88 Å². The molecule has 0 aliphatic rings. The third-order valence-electron chi connectivity index (χ3n) is 0.873. The van der Waals surface area contributed by atoms with Crippen LogP contribution in [0.1, 0.15) is 9.67 Å². The van der Waals surface area contributed by atoms with Crippen LogP contribution in [-0.2, 0) is 0 Å². The maximum atomic E-state index is 10.6. The average Bonchev–Trinajstić information content (AvgIpc) is 1.84. The first-order valence-electron chi connectivity index (χ1n) is 2.81. The lowest BCUT2D eigenvalue weighted by atomic mass is 10.6. The molecule has 0 aliphatic heterocycles. The van der Waals surface area contributed by atoms with Crippen LogP contribution in [0.15, 0.2) is 23.0 Å². The van der Waals surface area contributed by atoms with Crippen molar-refractivity contribution < 1.29 is 4.79 Å². The van der Waals surface area contributed by atoms with Gasteiger partial charge in [-0.3, -0.25) is 4.79 Å². The first-order chi connectivity index (χ1) is 5.30. The molecule has 11 heavy (non-hydrogen) atoms. The fourth-order valence-electron chi connectivity index (χ4n) is 0.429. The van der Waals surface area contributed by atoms with Crippen LogP contribution >= 0.6 is 22.9 Å². The predicted molar refractivity (Wildman–Crippen MR) is 46.1 cm³/mol. The van der Waals surface area contributed by atoms with Gasteiger partial charge >= 0.3 is 0 Å². The summed E-state index contributed by atoms with van der Waals surface area (Å²) in [5.41, 5.74) is 5.05. The number of nitrogens with zero attached hydrogens (tertiary/aromatic N) is 1. The lowest BCUT2D eigenvalue weighted by Crippen LogP contribution is -2.08. The number of aromatic nitrogens is 1. The van der Waals surface area contributed by atoms with Gasteiger partial charge in [-0.2, -0.15) is 11.3 Å². The fraction of sp³-hybridized carbons (Fsp3) is 0. The van der Waals surface area contributed by atoms with E-state index in [4.69, 9.17) is 5.73 Å². The fourth-order valence-corrected chi connectivity index (χ4v) is 1.58. The van der Waals surface area contributed by atoms with E-state index >= 15 is 0 Å². The molecular weight excluding hydrogens is 180 g/mol. The van der Waals surface area contributed by atoms with Gasteiger partial charge in [0.05, 0.1) is 0 Å². The summed E-state index contributed by atoms with van der Waals surface area (Å²) in [6.45, 7) is 0. The van der Waals surface area contributed by atoms with Crippen molar-refractivity contribution in [2.24, 2.45) is 5.73 Å². The van der Waals surface area contributed by atoms with E-state index in [1.165, 1.54) is 11.3 Å². The summed E-state index contributed by atoms with van der Waals surface area (Å²) >= 11 is 2.50. The molecule has 1 amide bonds. The van der Waals surface area contributed by atoms with Crippen LogP contribution in [0.25, 0.3) is 0 Å². The summed E-state index contributed by atoms with van der Waals surface area (Å²) < 4.78 is 3.86. The molecule has 0 saturated carbocycles. The molecule has 1 aromatic rings. The van der Waals surface area contributed by atoms with Crippen LogP contribution in [0.2, 0.25) is 0 Å². The number of carbonyl (C=O) groups is 1. The maximum Gasteiger partial charge on any atom is 0.261 e. The zero-order valence-electron chi connectivity index (χ0n) is 5.56. The van der Waals surface area contributed by atoms with Crippen molar-refractivity contribution in [2.75, 3.05) is 0 Å². The third-order valence-corrected chi connectivity index (χ3v) is 2.45. The summed E-state index contributed by atoms with van der Waals surface area (Å²) in [4.78, 5) is 11.1. The number of carbonyl (C=O) groups excluding carboxylic acids is 1. The highest BCUT2D eigenvalue weighted by Gasteiger charge is 1.96. The van der Waals surface area contributed by atoms with E-state index in [2.05, 4.69) is 4.37 Å². The minimum absolute atomic E-state index is 0.435. The third kappa shape index (κ3) is 2.65.